The predicted molar refractivity (Wildman–Crippen MR) is 135 cm³/mol. The highest BCUT2D eigenvalue weighted by molar-refractivity contribution is 14.0. The van der Waals surface area contributed by atoms with Gasteiger partial charge in [0.05, 0.1) is 11.2 Å². The van der Waals surface area contributed by atoms with E-state index in [-0.39, 0.29) is 29.9 Å². The van der Waals surface area contributed by atoms with Gasteiger partial charge in [0.2, 0.25) is 0 Å². The van der Waals surface area contributed by atoms with Crippen molar-refractivity contribution in [2.75, 3.05) is 26.2 Å². The molecule has 3 N–H and O–H groups in total. The molecular formula is C21H29IN6OS. The molecule has 2 aromatic heterocycles. The quantitative estimate of drug-likeness (QED) is 0.168. The van der Waals surface area contributed by atoms with E-state index in [0.29, 0.717) is 18.0 Å². The van der Waals surface area contributed by atoms with Gasteiger partial charge in [0.1, 0.15) is 4.88 Å². The second kappa shape index (κ2) is 12.5. The number of hydrogen-bond donors (Lipinski definition) is 3. The summed E-state index contributed by atoms with van der Waals surface area (Å²) in [6, 6.07) is 10.6. The number of carbonyl (C=O) groups excluding carboxylic acids is 1. The van der Waals surface area contributed by atoms with Gasteiger partial charge in [0.15, 0.2) is 5.96 Å². The first kappa shape index (κ1) is 24.1. The van der Waals surface area contributed by atoms with E-state index in [0.717, 1.165) is 37.7 Å². The molecule has 0 spiro atoms. The Bertz CT molecular complexity index is 967. The highest BCUT2D eigenvalue weighted by Crippen LogP contribution is 2.15. The number of aliphatic imine (C=N–C) groups is 1. The van der Waals surface area contributed by atoms with Crippen LogP contribution in [0.2, 0.25) is 0 Å². The molecule has 0 bridgehead atoms. The summed E-state index contributed by atoms with van der Waals surface area (Å²) in [4.78, 5) is 21.5. The van der Waals surface area contributed by atoms with Crippen molar-refractivity contribution in [3.8, 4) is 0 Å². The summed E-state index contributed by atoms with van der Waals surface area (Å²) < 4.78 is 2.27. The Kier molecular flexibility index (Phi) is 10.1. The van der Waals surface area contributed by atoms with Gasteiger partial charge >= 0.3 is 0 Å². The molecule has 0 saturated heterocycles. The number of aromatic nitrogens is 2. The van der Waals surface area contributed by atoms with E-state index in [1.807, 2.05) is 13.8 Å². The van der Waals surface area contributed by atoms with Crippen LogP contribution >= 0.6 is 35.3 Å². The molecule has 0 aliphatic carbocycles. The molecule has 0 saturated carbocycles. The van der Waals surface area contributed by atoms with E-state index >= 15 is 0 Å². The van der Waals surface area contributed by atoms with E-state index in [9.17, 15) is 4.79 Å². The predicted octanol–water partition coefficient (Wildman–Crippen LogP) is 3.40. The van der Waals surface area contributed by atoms with Crippen LogP contribution in [0.15, 0.2) is 47.0 Å². The van der Waals surface area contributed by atoms with Crippen LogP contribution in [0.3, 0.4) is 0 Å². The number of halogens is 1. The van der Waals surface area contributed by atoms with Crippen molar-refractivity contribution in [3.05, 3.63) is 52.6 Å². The van der Waals surface area contributed by atoms with Crippen LogP contribution in [0.1, 0.15) is 28.7 Å². The molecule has 0 atom stereocenters. The van der Waals surface area contributed by atoms with Gasteiger partial charge in [-0.05, 0) is 37.8 Å². The van der Waals surface area contributed by atoms with E-state index in [2.05, 4.69) is 67.0 Å². The van der Waals surface area contributed by atoms with Gasteiger partial charge in [0.25, 0.3) is 5.91 Å². The maximum atomic E-state index is 12.1. The summed E-state index contributed by atoms with van der Waals surface area (Å²) >= 11 is 1.36. The van der Waals surface area contributed by atoms with Crippen molar-refractivity contribution >= 4 is 58.1 Å². The van der Waals surface area contributed by atoms with Gasteiger partial charge in [-0.3, -0.25) is 9.79 Å². The molecule has 0 aliphatic rings. The van der Waals surface area contributed by atoms with Gasteiger partial charge in [-0.1, -0.05) is 18.2 Å². The van der Waals surface area contributed by atoms with Crippen molar-refractivity contribution < 1.29 is 4.79 Å². The first-order chi connectivity index (χ1) is 14.2. The summed E-state index contributed by atoms with van der Waals surface area (Å²) in [5, 5.41) is 10.7. The first-order valence-corrected chi connectivity index (χ1v) is 10.8. The smallest absolute Gasteiger partial charge is 0.263 e. The third-order valence-corrected chi connectivity index (χ3v) is 5.43. The minimum atomic E-state index is -0.0762. The number of benzene rings is 1. The van der Waals surface area contributed by atoms with Gasteiger partial charge in [-0.15, -0.1) is 35.3 Å². The Morgan fingerprint density at radius 2 is 1.97 bits per heavy atom. The second-order valence-corrected chi connectivity index (χ2v) is 7.49. The van der Waals surface area contributed by atoms with E-state index in [4.69, 9.17) is 0 Å². The number of thiazole rings is 1. The Labute approximate surface area is 198 Å². The number of para-hydroxylation sites is 1. The summed E-state index contributed by atoms with van der Waals surface area (Å²) in [6.45, 7) is 7.47. The fourth-order valence-corrected chi connectivity index (χ4v) is 3.78. The number of fused-ring (bicyclic) bond motifs is 1. The third kappa shape index (κ3) is 6.69. The lowest BCUT2D eigenvalue weighted by atomic mass is 10.2. The van der Waals surface area contributed by atoms with Crippen molar-refractivity contribution in [3.63, 3.8) is 0 Å². The van der Waals surface area contributed by atoms with Gasteiger partial charge in [0, 0.05) is 44.4 Å². The monoisotopic (exact) mass is 540 g/mol. The van der Waals surface area contributed by atoms with E-state index in [1.165, 1.54) is 22.2 Å². The topological polar surface area (TPSA) is 83.3 Å². The summed E-state index contributed by atoms with van der Waals surface area (Å²) in [5.41, 5.74) is 3.72. The van der Waals surface area contributed by atoms with Crippen LogP contribution in [0, 0.1) is 6.92 Å². The molecule has 30 heavy (non-hydrogen) atoms. The number of guanidine groups is 1. The van der Waals surface area contributed by atoms with Crippen molar-refractivity contribution in [1.82, 2.24) is 25.5 Å². The fraction of sp³-hybridized carbons (Fsp3) is 0.381. The van der Waals surface area contributed by atoms with Crippen LogP contribution in [-0.4, -0.2) is 47.6 Å². The minimum absolute atomic E-state index is 0. The molecule has 1 aromatic carbocycles. The summed E-state index contributed by atoms with van der Waals surface area (Å²) in [6.07, 6.45) is 3.09. The normalized spacial score (nSPS) is 11.2. The SMILES string of the molecule is CCNC(=NCCCn1ccc2ccccc21)NCCNC(=O)c1scnc1C.I. The number of hydrogen-bond acceptors (Lipinski definition) is 4. The maximum Gasteiger partial charge on any atom is 0.263 e. The van der Waals surface area contributed by atoms with Gasteiger partial charge < -0.3 is 20.5 Å². The molecule has 0 fully saturated rings. The van der Waals surface area contributed by atoms with Gasteiger partial charge in [-0.2, -0.15) is 0 Å². The molecule has 1 amide bonds. The Morgan fingerprint density at radius 1 is 1.17 bits per heavy atom. The molecule has 2 heterocycles. The zero-order chi connectivity index (χ0) is 20.5. The highest BCUT2D eigenvalue weighted by atomic mass is 127. The Hall–Kier alpha value is -2.14. The third-order valence-electron chi connectivity index (χ3n) is 4.51. The van der Waals surface area contributed by atoms with Crippen LogP contribution in [-0.2, 0) is 6.54 Å². The average molecular weight is 540 g/mol. The number of nitrogens with zero attached hydrogens (tertiary/aromatic N) is 3. The largest absolute Gasteiger partial charge is 0.357 e. The highest BCUT2D eigenvalue weighted by Gasteiger charge is 2.10. The molecular weight excluding hydrogens is 511 g/mol. The summed E-state index contributed by atoms with van der Waals surface area (Å²) in [7, 11) is 0. The standard InChI is InChI=1S/C21H28N6OS.HI/c1-3-22-21(25-12-11-23-20(28)19-16(2)26-15-29-19)24-10-6-13-27-14-9-17-7-4-5-8-18(17)27;/h4-5,7-9,14-15H,3,6,10-13H2,1-2H3,(H,23,28)(H2,22,24,25);1H. The van der Waals surface area contributed by atoms with Crippen LogP contribution in [0.4, 0.5) is 0 Å². The van der Waals surface area contributed by atoms with Crippen molar-refractivity contribution in [2.45, 2.75) is 26.8 Å². The lowest BCUT2D eigenvalue weighted by molar-refractivity contribution is 0.0957. The van der Waals surface area contributed by atoms with Crippen LogP contribution < -0.4 is 16.0 Å². The molecule has 162 valence electrons. The maximum absolute atomic E-state index is 12.1. The zero-order valence-corrected chi connectivity index (χ0v) is 20.5. The molecule has 9 heteroatoms. The number of amides is 1. The van der Waals surface area contributed by atoms with Crippen molar-refractivity contribution in [1.29, 1.82) is 0 Å². The molecule has 0 unspecified atom stereocenters. The van der Waals surface area contributed by atoms with Crippen LogP contribution in [0.25, 0.3) is 10.9 Å². The molecule has 7 nitrogen and oxygen atoms in total. The molecule has 0 radical (unpaired) electrons. The second-order valence-electron chi connectivity index (χ2n) is 6.63. The lowest BCUT2D eigenvalue weighted by Gasteiger charge is -2.12. The lowest BCUT2D eigenvalue weighted by Crippen LogP contribution is -2.41. The number of rotatable bonds is 9. The van der Waals surface area contributed by atoms with E-state index in [1.54, 1.807) is 5.51 Å². The average Bonchev–Trinajstić information content (AvgIpc) is 3.34. The Balaban J connectivity index is 0.00000320. The van der Waals surface area contributed by atoms with Crippen LogP contribution in [0.5, 0.6) is 0 Å². The fourth-order valence-electron chi connectivity index (χ4n) is 3.07. The molecule has 3 rings (SSSR count). The van der Waals surface area contributed by atoms with Crippen molar-refractivity contribution in [2.24, 2.45) is 4.99 Å². The number of carbonyl (C=O) groups is 1. The molecule has 3 aromatic rings. The van der Waals surface area contributed by atoms with Gasteiger partial charge in [-0.25, -0.2) is 4.98 Å². The minimum Gasteiger partial charge on any atom is -0.357 e. The molecule has 0 aliphatic heterocycles. The van der Waals surface area contributed by atoms with E-state index < -0.39 is 0 Å². The summed E-state index contributed by atoms with van der Waals surface area (Å²) in [5.74, 6) is 0.695. The number of nitrogens with one attached hydrogen (secondary N) is 3. The zero-order valence-electron chi connectivity index (χ0n) is 17.4. The Morgan fingerprint density at radius 3 is 2.73 bits per heavy atom. The first-order valence-electron chi connectivity index (χ1n) is 9.93. The number of aryl methyl sites for hydroxylation is 2.